The highest BCUT2D eigenvalue weighted by Crippen LogP contribution is 2.16. The minimum Gasteiger partial charge on any atom is -0.464 e. The van der Waals surface area contributed by atoms with Crippen molar-refractivity contribution in [3.05, 3.63) is 35.9 Å². The summed E-state index contributed by atoms with van der Waals surface area (Å²) >= 11 is 0. The van der Waals surface area contributed by atoms with E-state index in [0.29, 0.717) is 11.3 Å². The number of rotatable bonds is 4. The molecule has 0 fully saturated rings. The van der Waals surface area contributed by atoms with E-state index in [4.69, 9.17) is 5.73 Å². The van der Waals surface area contributed by atoms with Gasteiger partial charge >= 0.3 is 5.97 Å². The lowest BCUT2D eigenvalue weighted by atomic mass is 10.2. The Labute approximate surface area is 105 Å². The van der Waals surface area contributed by atoms with E-state index >= 15 is 0 Å². The Bertz CT molecular complexity index is 521. The molecule has 6 nitrogen and oxygen atoms in total. The van der Waals surface area contributed by atoms with E-state index in [-0.39, 0.29) is 11.5 Å². The molecule has 0 aliphatic heterocycles. The highest BCUT2D eigenvalue weighted by atomic mass is 16.5. The highest BCUT2D eigenvalue weighted by molar-refractivity contribution is 5.92. The van der Waals surface area contributed by atoms with Gasteiger partial charge in [0.1, 0.15) is 0 Å². The van der Waals surface area contributed by atoms with Crippen LogP contribution < -0.4 is 5.73 Å². The molecule has 0 saturated carbocycles. The molecule has 0 amide bonds. The van der Waals surface area contributed by atoms with E-state index in [1.807, 2.05) is 13.0 Å². The zero-order valence-corrected chi connectivity index (χ0v) is 10.3. The van der Waals surface area contributed by atoms with Gasteiger partial charge in [-0.3, -0.25) is 4.99 Å². The van der Waals surface area contributed by atoms with Gasteiger partial charge in [-0.25, -0.2) is 14.8 Å². The molecule has 0 unspecified atom stereocenters. The number of hydrogen-bond acceptors (Lipinski definition) is 6. The summed E-state index contributed by atoms with van der Waals surface area (Å²) in [6.45, 7) is 5.22. The summed E-state index contributed by atoms with van der Waals surface area (Å²) in [5.74, 6) is -0.606. The monoisotopic (exact) mass is 246 g/mol. The van der Waals surface area contributed by atoms with Gasteiger partial charge in [-0.1, -0.05) is 12.2 Å². The van der Waals surface area contributed by atoms with Gasteiger partial charge in [-0.05, 0) is 13.6 Å². The summed E-state index contributed by atoms with van der Waals surface area (Å²) in [5, 5.41) is 0. The van der Waals surface area contributed by atoms with Crippen molar-refractivity contribution in [3.8, 4) is 0 Å². The molecular weight excluding hydrogens is 232 g/mol. The topological polar surface area (TPSA) is 90.5 Å². The first-order valence-electron chi connectivity index (χ1n) is 5.14. The summed E-state index contributed by atoms with van der Waals surface area (Å²) in [5.41, 5.74) is 6.69. The lowest BCUT2D eigenvalue weighted by molar-refractivity contribution is 0.0595. The summed E-state index contributed by atoms with van der Waals surface area (Å²) in [7, 11) is 1.25. The van der Waals surface area contributed by atoms with Gasteiger partial charge in [0.15, 0.2) is 11.5 Å². The average molecular weight is 246 g/mol. The summed E-state index contributed by atoms with van der Waals surface area (Å²) in [6, 6.07) is 0. The van der Waals surface area contributed by atoms with Crippen LogP contribution in [-0.2, 0) is 4.74 Å². The minimum absolute atomic E-state index is 0.0190. The molecule has 0 spiro atoms. The zero-order chi connectivity index (χ0) is 13.5. The van der Waals surface area contributed by atoms with Crippen LogP contribution in [0.15, 0.2) is 29.5 Å². The molecule has 0 radical (unpaired) electrons. The molecule has 94 valence electrons. The normalized spacial score (nSPS) is 11.6. The van der Waals surface area contributed by atoms with Crippen molar-refractivity contribution in [2.75, 3.05) is 12.8 Å². The Morgan fingerprint density at radius 3 is 2.89 bits per heavy atom. The van der Waals surface area contributed by atoms with Crippen LogP contribution >= 0.6 is 0 Å². The number of nitrogens with two attached hydrogens (primary N) is 1. The lowest BCUT2D eigenvalue weighted by Crippen LogP contribution is -2.11. The molecule has 0 aromatic carbocycles. The Kier molecular flexibility index (Phi) is 4.74. The fourth-order valence-electron chi connectivity index (χ4n) is 1.26. The molecule has 1 aromatic heterocycles. The third kappa shape index (κ3) is 3.00. The van der Waals surface area contributed by atoms with Crippen LogP contribution in [0.1, 0.15) is 23.1 Å². The number of hydrogen-bond donors (Lipinski definition) is 1. The average Bonchev–Trinajstić information content (AvgIpc) is 2.38. The number of carbonyl (C=O) groups excluding carboxylic acids is 1. The lowest BCUT2D eigenvalue weighted by Gasteiger charge is -2.05. The van der Waals surface area contributed by atoms with E-state index < -0.39 is 5.97 Å². The third-order valence-corrected chi connectivity index (χ3v) is 2.05. The van der Waals surface area contributed by atoms with Crippen LogP contribution in [0.25, 0.3) is 5.57 Å². The van der Waals surface area contributed by atoms with Crippen LogP contribution in [-0.4, -0.2) is 29.8 Å². The number of esters is 1. The van der Waals surface area contributed by atoms with Crippen LogP contribution in [0.2, 0.25) is 0 Å². The van der Waals surface area contributed by atoms with Crippen molar-refractivity contribution in [2.24, 2.45) is 4.99 Å². The molecule has 0 aliphatic carbocycles. The maximum atomic E-state index is 11.4. The summed E-state index contributed by atoms with van der Waals surface area (Å²) in [6.07, 6.45) is 6.56. The van der Waals surface area contributed by atoms with Gasteiger partial charge in [-0.2, -0.15) is 0 Å². The number of aliphatic imine (C=N–C) groups is 1. The maximum Gasteiger partial charge on any atom is 0.360 e. The largest absolute Gasteiger partial charge is 0.464 e. The fraction of sp³-hybridized carbons (Fsp3) is 0.167. The van der Waals surface area contributed by atoms with Crippen molar-refractivity contribution in [2.45, 2.75) is 6.92 Å². The number of anilines is 1. The fourth-order valence-corrected chi connectivity index (χ4v) is 1.26. The van der Waals surface area contributed by atoms with E-state index in [2.05, 4.69) is 26.4 Å². The van der Waals surface area contributed by atoms with Crippen LogP contribution in [0.4, 0.5) is 5.82 Å². The van der Waals surface area contributed by atoms with Gasteiger partial charge in [0.05, 0.1) is 19.0 Å². The molecule has 6 heteroatoms. The van der Waals surface area contributed by atoms with Crippen molar-refractivity contribution < 1.29 is 9.53 Å². The van der Waals surface area contributed by atoms with Gasteiger partial charge in [-0.15, -0.1) is 0 Å². The van der Waals surface area contributed by atoms with E-state index in [1.54, 1.807) is 6.08 Å². The van der Waals surface area contributed by atoms with Crippen molar-refractivity contribution in [3.63, 3.8) is 0 Å². The van der Waals surface area contributed by atoms with Crippen molar-refractivity contribution >= 4 is 24.1 Å². The predicted octanol–water partition coefficient (Wildman–Crippen LogP) is 1.46. The van der Waals surface area contributed by atoms with E-state index in [1.165, 1.54) is 19.5 Å². The van der Waals surface area contributed by atoms with Crippen molar-refractivity contribution in [1.29, 1.82) is 0 Å². The number of ether oxygens (including phenoxy) is 1. The standard InChI is InChI=1S/C12H14N4O2/c1-4-5-8(6-14-2)9-7-15-11(13)10(16-9)12(17)18-3/h4-7H,2H2,1,3H3,(H2,13,15)/b5-4-,8-6+. The van der Waals surface area contributed by atoms with E-state index in [0.717, 1.165) is 0 Å². The van der Waals surface area contributed by atoms with Gasteiger partial charge in [0, 0.05) is 11.8 Å². The number of nitrogens with zero attached hydrogens (tertiary/aromatic N) is 3. The van der Waals surface area contributed by atoms with Crippen LogP contribution in [0.3, 0.4) is 0 Å². The summed E-state index contributed by atoms with van der Waals surface area (Å²) < 4.78 is 4.58. The molecule has 0 bridgehead atoms. The number of nitrogen functional groups attached to an aromatic ring is 1. The number of carbonyl (C=O) groups is 1. The Hall–Kier alpha value is -2.50. The quantitative estimate of drug-likeness (QED) is 0.493. The highest BCUT2D eigenvalue weighted by Gasteiger charge is 2.14. The van der Waals surface area contributed by atoms with Gasteiger partial charge in [0.25, 0.3) is 0 Å². The van der Waals surface area contributed by atoms with Gasteiger partial charge < -0.3 is 10.5 Å². The molecule has 0 atom stereocenters. The molecule has 0 saturated heterocycles. The zero-order valence-electron chi connectivity index (χ0n) is 10.3. The first-order chi connectivity index (χ1) is 8.63. The van der Waals surface area contributed by atoms with Crippen LogP contribution in [0.5, 0.6) is 0 Å². The minimum atomic E-state index is -0.631. The van der Waals surface area contributed by atoms with E-state index in [9.17, 15) is 4.79 Å². The Balaban J connectivity index is 3.30. The molecule has 18 heavy (non-hydrogen) atoms. The van der Waals surface area contributed by atoms with Gasteiger partial charge in [0.2, 0.25) is 0 Å². The van der Waals surface area contributed by atoms with Crippen LogP contribution in [0, 0.1) is 0 Å². The Morgan fingerprint density at radius 1 is 1.61 bits per heavy atom. The first-order valence-corrected chi connectivity index (χ1v) is 5.14. The first kappa shape index (κ1) is 13.6. The molecule has 1 aromatic rings. The summed E-state index contributed by atoms with van der Waals surface area (Å²) in [4.78, 5) is 23.1. The number of methoxy groups -OCH3 is 1. The number of aromatic nitrogens is 2. The molecular formula is C12H14N4O2. The molecule has 2 N–H and O–H groups in total. The predicted molar refractivity (Wildman–Crippen MR) is 70.1 cm³/mol. The Morgan fingerprint density at radius 2 is 2.33 bits per heavy atom. The second kappa shape index (κ2) is 6.29. The molecule has 1 heterocycles. The molecule has 1 rings (SSSR count). The second-order valence-corrected chi connectivity index (χ2v) is 3.25. The maximum absolute atomic E-state index is 11.4. The molecule has 0 aliphatic rings. The number of allylic oxidation sites excluding steroid dienone is 3. The SMILES string of the molecule is C=N/C=C(\C=C/C)c1cnc(N)c(C(=O)OC)n1. The second-order valence-electron chi connectivity index (χ2n) is 3.25. The smallest absolute Gasteiger partial charge is 0.360 e. The third-order valence-electron chi connectivity index (χ3n) is 2.05. The van der Waals surface area contributed by atoms with Crippen molar-refractivity contribution in [1.82, 2.24) is 9.97 Å².